The fourth-order valence-corrected chi connectivity index (χ4v) is 3.83. The first kappa shape index (κ1) is 25.9. The quantitative estimate of drug-likeness (QED) is 0.277. The molecule has 1 rings (SSSR count). The largest absolute Gasteiger partial charge is 0.330 e. The number of hydrogen-bond acceptors (Lipinski definition) is 2. The molecule has 0 bridgehead atoms. The molecule has 0 aromatic carbocycles. The van der Waals surface area contributed by atoms with Gasteiger partial charge in [-0.25, -0.2) is 0 Å². The SMILES string of the molecule is CCCCCCCCCCCCCCCCCCN.NC1CCCCC1. The van der Waals surface area contributed by atoms with Crippen LogP contribution < -0.4 is 11.5 Å². The van der Waals surface area contributed by atoms with Gasteiger partial charge < -0.3 is 11.5 Å². The molecule has 0 spiro atoms. The van der Waals surface area contributed by atoms with Crippen molar-refractivity contribution in [3.8, 4) is 0 Å². The number of rotatable bonds is 16. The zero-order valence-corrected chi connectivity index (χ0v) is 18.3. The van der Waals surface area contributed by atoms with E-state index in [1.807, 2.05) is 0 Å². The molecule has 0 radical (unpaired) electrons. The maximum absolute atomic E-state index is 5.63. The number of unbranched alkanes of at least 4 members (excludes halogenated alkanes) is 15. The summed E-state index contributed by atoms with van der Waals surface area (Å²) in [6.07, 6.45) is 29.5. The van der Waals surface area contributed by atoms with E-state index in [0.29, 0.717) is 6.04 Å². The molecule has 2 heteroatoms. The first-order chi connectivity index (χ1) is 12.8. The van der Waals surface area contributed by atoms with Crippen LogP contribution in [0.2, 0.25) is 0 Å². The molecule has 0 saturated heterocycles. The molecule has 1 aliphatic rings. The summed E-state index contributed by atoms with van der Waals surface area (Å²) in [6, 6.07) is 0.536. The van der Waals surface area contributed by atoms with Crippen LogP contribution in [0.3, 0.4) is 0 Å². The van der Waals surface area contributed by atoms with Crippen molar-refractivity contribution in [3.05, 3.63) is 0 Å². The summed E-state index contributed by atoms with van der Waals surface area (Å²) >= 11 is 0. The molecule has 0 heterocycles. The minimum Gasteiger partial charge on any atom is -0.330 e. The van der Waals surface area contributed by atoms with Gasteiger partial charge in [0.25, 0.3) is 0 Å². The maximum atomic E-state index is 5.63. The van der Waals surface area contributed by atoms with Crippen LogP contribution in [-0.4, -0.2) is 12.6 Å². The predicted octanol–water partition coefficient (Wildman–Crippen LogP) is 7.48. The maximum Gasteiger partial charge on any atom is 0.00388 e. The summed E-state index contributed by atoms with van der Waals surface area (Å²) in [5.74, 6) is 0. The van der Waals surface area contributed by atoms with Gasteiger partial charge in [-0.2, -0.15) is 0 Å². The third kappa shape index (κ3) is 22.0. The van der Waals surface area contributed by atoms with Crippen LogP contribution in [0.4, 0.5) is 0 Å². The second kappa shape index (κ2) is 23.0. The lowest BCUT2D eigenvalue weighted by Gasteiger charge is -2.15. The van der Waals surface area contributed by atoms with E-state index in [0.717, 1.165) is 6.54 Å². The molecule has 0 aromatic heterocycles. The fourth-order valence-electron chi connectivity index (χ4n) is 3.83. The molecule has 2 nitrogen and oxygen atoms in total. The topological polar surface area (TPSA) is 52.0 Å². The van der Waals surface area contributed by atoms with E-state index in [2.05, 4.69) is 6.92 Å². The molecule has 158 valence electrons. The van der Waals surface area contributed by atoms with E-state index in [-0.39, 0.29) is 0 Å². The van der Waals surface area contributed by atoms with E-state index >= 15 is 0 Å². The van der Waals surface area contributed by atoms with Crippen LogP contribution >= 0.6 is 0 Å². The minimum atomic E-state index is 0.536. The van der Waals surface area contributed by atoms with Gasteiger partial charge in [-0.3, -0.25) is 0 Å². The highest BCUT2D eigenvalue weighted by molar-refractivity contribution is 4.66. The fraction of sp³-hybridized carbons (Fsp3) is 1.00. The third-order valence-corrected chi connectivity index (χ3v) is 5.71. The second-order valence-corrected chi connectivity index (χ2v) is 8.49. The number of nitrogens with two attached hydrogens (primary N) is 2. The van der Waals surface area contributed by atoms with Crippen LogP contribution in [0, 0.1) is 0 Å². The Balaban J connectivity index is 0.000000735. The highest BCUT2D eigenvalue weighted by Crippen LogP contribution is 2.15. The van der Waals surface area contributed by atoms with E-state index in [4.69, 9.17) is 11.5 Å². The lowest BCUT2D eigenvalue weighted by atomic mass is 9.97. The van der Waals surface area contributed by atoms with Crippen LogP contribution in [-0.2, 0) is 0 Å². The highest BCUT2D eigenvalue weighted by atomic mass is 14.6. The molecule has 0 amide bonds. The molecule has 1 fully saturated rings. The first-order valence-corrected chi connectivity index (χ1v) is 12.3. The normalized spacial score (nSPS) is 14.9. The standard InChI is InChI=1S/C18H39N.C6H13N/c1-2-3-4-5-6-7-8-9-10-11-12-13-14-15-16-17-18-19;7-6-4-2-1-3-5-6/h2-19H2,1H3;6H,1-5,7H2. The summed E-state index contributed by atoms with van der Waals surface area (Å²) in [4.78, 5) is 0. The second-order valence-electron chi connectivity index (χ2n) is 8.49. The molecule has 0 aromatic rings. The highest BCUT2D eigenvalue weighted by Gasteiger charge is 2.06. The van der Waals surface area contributed by atoms with Gasteiger partial charge in [0.15, 0.2) is 0 Å². The lowest BCUT2D eigenvalue weighted by molar-refractivity contribution is 0.441. The summed E-state index contributed by atoms with van der Waals surface area (Å²) in [7, 11) is 0. The molecular weight excluding hydrogens is 316 g/mol. The molecule has 0 aliphatic heterocycles. The molecule has 26 heavy (non-hydrogen) atoms. The van der Waals surface area contributed by atoms with Crippen molar-refractivity contribution in [3.63, 3.8) is 0 Å². The molecule has 0 unspecified atom stereocenters. The molecular formula is C24H52N2. The molecule has 0 atom stereocenters. The average Bonchev–Trinajstić information content (AvgIpc) is 2.66. The van der Waals surface area contributed by atoms with Gasteiger partial charge >= 0.3 is 0 Å². The van der Waals surface area contributed by atoms with Gasteiger partial charge in [0.05, 0.1) is 0 Å². The summed E-state index contributed by atoms with van der Waals surface area (Å²) < 4.78 is 0. The zero-order valence-electron chi connectivity index (χ0n) is 18.3. The van der Waals surface area contributed by atoms with E-state index in [1.54, 1.807) is 0 Å². The Labute approximate surface area is 166 Å². The van der Waals surface area contributed by atoms with Gasteiger partial charge in [0.2, 0.25) is 0 Å². The van der Waals surface area contributed by atoms with E-state index in [9.17, 15) is 0 Å². The lowest BCUT2D eigenvalue weighted by Crippen LogP contribution is -2.22. The minimum absolute atomic E-state index is 0.536. The van der Waals surface area contributed by atoms with E-state index in [1.165, 1.54) is 135 Å². The Morgan fingerprint density at radius 2 is 0.885 bits per heavy atom. The average molecular weight is 369 g/mol. The van der Waals surface area contributed by atoms with Crippen molar-refractivity contribution in [1.29, 1.82) is 0 Å². The Hall–Kier alpha value is -0.0800. The van der Waals surface area contributed by atoms with Crippen molar-refractivity contribution in [1.82, 2.24) is 0 Å². The van der Waals surface area contributed by atoms with Crippen LogP contribution in [0.5, 0.6) is 0 Å². The van der Waals surface area contributed by atoms with Gasteiger partial charge in [0, 0.05) is 6.04 Å². The molecule has 1 saturated carbocycles. The Kier molecular flexibility index (Phi) is 22.9. The third-order valence-electron chi connectivity index (χ3n) is 5.71. The van der Waals surface area contributed by atoms with Crippen molar-refractivity contribution in [2.75, 3.05) is 6.54 Å². The Morgan fingerprint density at radius 3 is 1.15 bits per heavy atom. The monoisotopic (exact) mass is 368 g/mol. The molecule has 1 aliphatic carbocycles. The van der Waals surface area contributed by atoms with Crippen LogP contribution in [0.1, 0.15) is 142 Å². The van der Waals surface area contributed by atoms with Gasteiger partial charge in [-0.15, -0.1) is 0 Å². The number of hydrogen-bond donors (Lipinski definition) is 2. The van der Waals surface area contributed by atoms with Crippen LogP contribution in [0.15, 0.2) is 0 Å². The van der Waals surface area contributed by atoms with Gasteiger partial charge in [0.1, 0.15) is 0 Å². The van der Waals surface area contributed by atoms with Crippen molar-refractivity contribution in [2.45, 2.75) is 148 Å². The van der Waals surface area contributed by atoms with Crippen molar-refractivity contribution >= 4 is 0 Å². The Bertz CT molecular complexity index is 220. The van der Waals surface area contributed by atoms with E-state index < -0.39 is 0 Å². The summed E-state index contributed by atoms with van der Waals surface area (Å²) in [6.45, 7) is 3.16. The van der Waals surface area contributed by atoms with Crippen molar-refractivity contribution in [2.24, 2.45) is 11.5 Å². The first-order valence-electron chi connectivity index (χ1n) is 12.3. The summed E-state index contributed by atoms with van der Waals surface area (Å²) in [5, 5.41) is 0. The predicted molar refractivity (Wildman–Crippen MR) is 120 cm³/mol. The van der Waals surface area contributed by atoms with Crippen LogP contribution in [0.25, 0.3) is 0 Å². The summed E-state index contributed by atoms with van der Waals surface area (Å²) in [5.41, 5.74) is 11.1. The molecule has 4 N–H and O–H groups in total. The zero-order chi connectivity index (χ0) is 19.1. The van der Waals surface area contributed by atoms with Gasteiger partial charge in [-0.1, -0.05) is 122 Å². The van der Waals surface area contributed by atoms with Gasteiger partial charge in [-0.05, 0) is 25.8 Å². The Morgan fingerprint density at radius 1 is 0.538 bits per heavy atom. The van der Waals surface area contributed by atoms with Crippen molar-refractivity contribution < 1.29 is 0 Å². The smallest absolute Gasteiger partial charge is 0.00388 e.